The molecule has 1 aromatic carbocycles. The van der Waals surface area contributed by atoms with Gasteiger partial charge in [0.1, 0.15) is 5.69 Å². The molecule has 0 atom stereocenters. The average Bonchev–Trinajstić information content (AvgIpc) is 3.28. The third-order valence-electron chi connectivity index (χ3n) is 8.00. The van der Waals surface area contributed by atoms with E-state index >= 15 is 0 Å². The summed E-state index contributed by atoms with van der Waals surface area (Å²) in [5.74, 6) is -2.42. The van der Waals surface area contributed by atoms with E-state index in [0.29, 0.717) is 27.7 Å². The molecule has 3 aromatic rings. The minimum Gasteiger partial charge on any atom is -0.395 e. The third-order valence-corrected chi connectivity index (χ3v) is 10.2. The van der Waals surface area contributed by atoms with Gasteiger partial charge >= 0.3 is 0 Å². The number of benzene rings is 1. The van der Waals surface area contributed by atoms with Crippen LogP contribution in [0, 0.1) is 5.41 Å². The van der Waals surface area contributed by atoms with Crippen molar-refractivity contribution in [1.82, 2.24) is 20.0 Å². The number of hydrogen-bond donors (Lipinski definition) is 2. The first-order valence-electron chi connectivity index (χ1n) is 13.2. The van der Waals surface area contributed by atoms with E-state index in [4.69, 9.17) is 5.11 Å². The number of nitrogens with zero attached hydrogens (tertiary/aromatic N) is 6. The number of anilines is 3. The lowest BCUT2D eigenvalue weighted by atomic mass is 9.93. The Bertz CT molecular complexity index is 1440. The normalized spacial score (nSPS) is 20.4. The minimum atomic E-state index is -3.67. The van der Waals surface area contributed by atoms with Crippen molar-refractivity contribution < 1.29 is 22.3 Å². The number of thiazole rings is 1. The molecular formula is C25H31F2N7O3S2. The van der Waals surface area contributed by atoms with Crippen LogP contribution in [0.25, 0.3) is 17.1 Å². The van der Waals surface area contributed by atoms with E-state index in [-0.39, 0.29) is 31.7 Å². The lowest BCUT2D eigenvalue weighted by Gasteiger charge is -2.35. The third kappa shape index (κ3) is 5.73. The first-order chi connectivity index (χ1) is 18.6. The van der Waals surface area contributed by atoms with Crippen molar-refractivity contribution in [3.8, 4) is 17.1 Å². The maximum atomic E-state index is 13.6. The zero-order chi connectivity index (χ0) is 27.3. The Labute approximate surface area is 229 Å². The van der Waals surface area contributed by atoms with Crippen LogP contribution in [0.3, 0.4) is 0 Å². The van der Waals surface area contributed by atoms with Gasteiger partial charge in [-0.15, -0.1) is 16.4 Å². The average molecular weight is 580 g/mol. The summed E-state index contributed by atoms with van der Waals surface area (Å²) >= 11 is 1.39. The van der Waals surface area contributed by atoms with E-state index in [1.54, 1.807) is 16.9 Å². The summed E-state index contributed by atoms with van der Waals surface area (Å²) in [5.41, 5.74) is 3.22. The maximum absolute atomic E-state index is 13.6. The number of nitrogens with one attached hydrogen (secondary N) is 1. The number of aromatic nitrogens is 4. The fraction of sp³-hybridized carbons (Fsp3) is 0.560. The molecule has 2 aromatic heterocycles. The number of halogens is 2. The van der Waals surface area contributed by atoms with Gasteiger partial charge in [0.05, 0.1) is 24.2 Å². The SMILES string of the molecule is O=S(=O)(CCO)Nc1ccc(-c2cn(-c3csc(N4CCC(F)(F)CC4)n3)nn2)c(N2CCC3(CC2)CC3)c1. The van der Waals surface area contributed by atoms with Crippen LogP contribution in [0.1, 0.15) is 38.5 Å². The molecular weight excluding hydrogens is 548 g/mol. The second-order valence-corrected chi connectivity index (χ2v) is 13.4. The highest BCUT2D eigenvalue weighted by atomic mass is 32.2. The van der Waals surface area contributed by atoms with Gasteiger partial charge in [0.15, 0.2) is 10.9 Å². The summed E-state index contributed by atoms with van der Waals surface area (Å²) in [4.78, 5) is 8.77. The molecule has 0 radical (unpaired) electrons. The van der Waals surface area contributed by atoms with Gasteiger partial charge in [-0.05, 0) is 49.3 Å². The van der Waals surface area contributed by atoms with E-state index in [1.165, 1.54) is 24.2 Å². The smallest absolute Gasteiger partial charge is 0.251 e. The Hall–Kier alpha value is -2.84. The molecule has 2 N–H and O–H groups in total. The highest BCUT2D eigenvalue weighted by Gasteiger charge is 2.44. The van der Waals surface area contributed by atoms with Crippen LogP contribution in [-0.2, 0) is 10.0 Å². The quantitative estimate of drug-likeness (QED) is 0.415. The molecule has 210 valence electrons. The molecule has 3 aliphatic rings. The molecule has 14 heteroatoms. The standard InChI is InChI=1S/C25H31F2N7O3S2/c26-25(27)7-11-33(12-8-25)23-28-22(17-38-23)34-16-20(29-31-34)19-2-1-18(30-39(36,37)14-13-35)15-21(19)32-9-5-24(3-4-24)6-10-32/h1-2,15-17,30,35H,3-14H2. The molecule has 6 rings (SSSR count). The van der Waals surface area contributed by atoms with Crippen LogP contribution in [0.2, 0.25) is 0 Å². The predicted octanol–water partition coefficient (Wildman–Crippen LogP) is 3.74. The molecule has 0 bridgehead atoms. The highest BCUT2D eigenvalue weighted by molar-refractivity contribution is 7.92. The van der Waals surface area contributed by atoms with Gasteiger partial charge in [-0.25, -0.2) is 26.9 Å². The maximum Gasteiger partial charge on any atom is 0.251 e. The van der Waals surface area contributed by atoms with Gasteiger partial charge in [0.25, 0.3) is 5.92 Å². The fourth-order valence-corrected chi connectivity index (χ4v) is 7.03. The van der Waals surface area contributed by atoms with Crippen LogP contribution in [-0.4, -0.2) is 78.0 Å². The summed E-state index contributed by atoms with van der Waals surface area (Å²) in [7, 11) is -3.67. The topological polar surface area (TPSA) is 116 Å². The zero-order valence-electron chi connectivity index (χ0n) is 21.4. The molecule has 2 saturated heterocycles. The monoisotopic (exact) mass is 579 g/mol. The second kappa shape index (κ2) is 9.97. The Morgan fingerprint density at radius 2 is 1.74 bits per heavy atom. The molecule has 0 unspecified atom stereocenters. The van der Waals surface area contributed by atoms with Gasteiger partial charge < -0.3 is 14.9 Å². The number of sulfonamides is 1. The summed E-state index contributed by atoms with van der Waals surface area (Å²) in [5, 5.41) is 20.3. The van der Waals surface area contributed by atoms with E-state index in [0.717, 1.165) is 37.2 Å². The molecule has 39 heavy (non-hydrogen) atoms. The van der Waals surface area contributed by atoms with Gasteiger partial charge in [-0.2, -0.15) is 0 Å². The van der Waals surface area contributed by atoms with Crippen molar-refractivity contribution in [3.05, 3.63) is 29.8 Å². The summed E-state index contributed by atoms with van der Waals surface area (Å²) in [6, 6.07) is 5.34. The summed E-state index contributed by atoms with van der Waals surface area (Å²) in [6.07, 6.45) is 6.18. The van der Waals surface area contributed by atoms with Crippen LogP contribution in [0.4, 0.5) is 25.3 Å². The predicted molar refractivity (Wildman–Crippen MR) is 146 cm³/mol. The van der Waals surface area contributed by atoms with E-state index in [2.05, 4.69) is 24.9 Å². The van der Waals surface area contributed by atoms with Crippen molar-refractivity contribution in [1.29, 1.82) is 0 Å². The van der Waals surface area contributed by atoms with Crippen LogP contribution in [0.15, 0.2) is 29.8 Å². The number of rotatable bonds is 8. The van der Waals surface area contributed by atoms with Crippen LogP contribution < -0.4 is 14.5 Å². The lowest BCUT2D eigenvalue weighted by molar-refractivity contribution is -0.0220. The van der Waals surface area contributed by atoms with Gasteiger partial charge in [-0.3, -0.25) is 4.72 Å². The Morgan fingerprint density at radius 3 is 2.44 bits per heavy atom. The zero-order valence-corrected chi connectivity index (χ0v) is 23.0. The van der Waals surface area contributed by atoms with E-state index < -0.39 is 22.6 Å². The molecule has 0 amide bonds. The Kier molecular flexibility index (Phi) is 6.74. The van der Waals surface area contributed by atoms with Crippen molar-refractivity contribution in [2.24, 2.45) is 5.41 Å². The van der Waals surface area contributed by atoms with E-state index in [9.17, 15) is 17.2 Å². The van der Waals surface area contributed by atoms with E-state index in [1.807, 2.05) is 22.4 Å². The summed E-state index contributed by atoms with van der Waals surface area (Å²) < 4.78 is 55.8. The molecule has 2 aliphatic heterocycles. The summed E-state index contributed by atoms with van der Waals surface area (Å²) in [6.45, 7) is 1.81. The Morgan fingerprint density at radius 1 is 1.03 bits per heavy atom. The van der Waals surface area contributed by atoms with Crippen molar-refractivity contribution >= 4 is 37.9 Å². The molecule has 4 heterocycles. The van der Waals surface area contributed by atoms with Crippen LogP contribution >= 0.6 is 11.3 Å². The number of piperidine rings is 2. The molecule has 3 fully saturated rings. The molecule has 10 nitrogen and oxygen atoms in total. The fourth-order valence-electron chi connectivity index (χ4n) is 5.35. The van der Waals surface area contributed by atoms with Gasteiger partial charge in [0, 0.05) is 55.7 Å². The second-order valence-electron chi connectivity index (χ2n) is 10.7. The van der Waals surface area contributed by atoms with Crippen molar-refractivity contribution in [2.75, 3.05) is 53.1 Å². The number of alkyl halides is 2. The minimum absolute atomic E-state index is 0.179. The van der Waals surface area contributed by atoms with Crippen LogP contribution in [0.5, 0.6) is 0 Å². The van der Waals surface area contributed by atoms with Gasteiger partial charge in [-0.1, -0.05) is 5.21 Å². The first-order valence-corrected chi connectivity index (χ1v) is 15.7. The van der Waals surface area contributed by atoms with Crippen molar-refractivity contribution in [2.45, 2.75) is 44.4 Å². The number of hydrogen-bond acceptors (Lipinski definition) is 9. The molecule has 1 saturated carbocycles. The molecule has 1 aliphatic carbocycles. The Balaban J connectivity index is 1.26. The first kappa shape index (κ1) is 26.4. The van der Waals surface area contributed by atoms with Gasteiger partial charge in [0.2, 0.25) is 10.0 Å². The largest absolute Gasteiger partial charge is 0.395 e. The molecule has 1 spiro atoms. The van der Waals surface area contributed by atoms with Crippen molar-refractivity contribution in [3.63, 3.8) is 0 Å². The number of aliphatic hydroxyl groups is 1. The number of aliphatic hydroxyl groups excluding tert-OH is 1. The highest BCUT2D eigenvalue weighted by Crippen LogP contribution is 2.54. The lowest BCUT2D eigenvalue weighted by Crippen LogP contribution is -2.39.